The molecule has 1 aliphatic heterocycles. The van der Waals surface area contributed by atoms with Crippen molar-refractivity contribution in [3.63, 3.8) is 0 Å². The number of carbonyl (C=O) groups excluding carboxylic acids is 2. The van der Waals surface area contributed by atoms with Crippen molar-refractivity contribution in [2.75, 3.05) is 14.1 Å². The first-order chi connectivity index (χ1) is 5.04. The van der Waals surface area contributed by atoms with Gasteiger partial charge in [0.1, 0.15) is 0 Å². The third kappa shape index (κ3) is 1.18. The standard InChI is InChI=1S/C6H9FN2O2/c1-8-4(7)3-5(10)9(2)6(8)11/h4H,3H2,1-2H3. The smallest absolute Gasteiger partial charge is 0.296 e. The number of urea groups is 1. The molecule has 0 N–H and O–H groups in total. The Morgan fingerprint density at radius 3 is 2.55 bits per heavy atom. The van der Waals surface area contributed by atoms with Gasteiger partial charge in [0.05, 0.1) is 6.42 Å². The van der Waals surface area contributed by atoms with Crippen LogP contribution >= 0.6 is 0 Å². The first kappa shape index (κ1) is 7.97. The van der Waals surface area contributed by atoms with E-state index in [1.807, 2.05) is 0 Å². The van der Waals surface area contributed by atoms with E-state index in [1.54, 1.807) is 0 Å². The molecule has 0 radical (unpaired) electrons. The molecule has 0 saturated carbocycles. The molecule has 1 saturated heterocycles. The van der Waals surface area contributed by atoms with Gasteiger partial charge < -0.3 is 0 Å². The molecule has 0 aliphatic carbocycles. The van der Waals surface area contributed by atoms with Crippen LogP contribution in [0.25, 0.3) is 0 Å². The molecule has 5 heteroatoms. The number of amides is 3. The van der Waals surface area contributed by atoms with Gasteiger partial charge >= 0.3 is 6.03 Å². The van der Waals surface area contributed by atoms with Crippen molar-refractivity contribution < 1.29 is 14.0 Å². The highest BCUT2D eigenvalue weighted by Crippen LogP contribution is 2.14. The monoisotopic (exact) mass is 160 g/mol. The molecule has 4 nitrogen and oxygen atoms in total. The molecule has 1 heterocycles. The summed E-state index contributed by atoms with van der Waals surface area (Å²) in [5.74, 6) is -0.472. The Balaban J connectivity index is 2.79. The molecule has 1 atom stereocenters. The average Bonchev–Trinajstić information content (AvgIpc) is 1.97. The Bertz CT molecular complexity index is 207. The minimum Gasteiger partial charge on any atom is -0.296 e. The minimum absolute atomic E-state index is 0.237. The lowest BCUT2D eigenvalue weighted by Gasteiger charge is -2.31. The molecular weight excluding hydrogens is 151 g/mol. The molecule has 0 spiro atoms. The highest BCUT2D eigenvalue weighted by Gasteiger charge is 2.33. The fourth-order valence-corrected chi connectivity index (χ4v) is 0.881. The van der Waals surface area contributed by atoms with Crippen LogP contribution in [0.1, 0.15) is 6.42 Å². The van der Waals surface area contributed by atoms with E-state index < -0.39 is 18.2 Å². The van der Waals surface area contributed by atoms with E-state index >= 15 is 0 Å². The highest BCUT2D eigenvalue weighted by molar-refractivity contribution is 5.96. The van der Waals surface area contributed by atoms with Gasteiger partial charge in [-0.25, -0.2) is 9.18 Å². The van der Waals surface area contributed by atoms with Crippen molar-refractivity contribution in [2.24, 2.45) is 0 Å². The lowest BCUT2D eigenvalue weighted by molar-refractivity contribution is -0.133. The van der Waals surface area contributed by atoms with E-state index in [4.69, 9.17) is 0 Å². The summed E-state index contributed by atoms with van der Waals surface area (Å²) in [5.41, 5.74) is 0. The Labute approximate surface area is 63.6 Å². The molecule has 1 rings (SSSR count). The van der Waals surface area contributed by atoms with E-state index in [9.17, 15) is 14.0 Å². The topological polar surface area (TPSA) is 40.6 Å². The number of alkyl halides is 1. The quantitative estimate of drug-likeness (QED) is 0.475. The Morgan fingerprint density at radius 1 is 1.45 bits per heavy atom. The summed E-state index contributed by atoms with van der Waals surface area (Å²) in [7, 11) is 2.67. The second-order valence-electron chi connectivity index (χ2n) is 2.48. The lowest BCUT2D eigenvalue weighted by atomic mass is 10.3. The first-order valence-electron chi connectivity index (χ1n) is 3.21. The van der Waals surface area contributed by atoms with Crippen molar-refractivity contribution in [1.82, 2.24) is 9.80 Å². The summed E-state index contributed by atoms with van der Waals surface area (Å²) in [6, 6.07) is -0.589. The number of carbonyl (C=O) groups is 2. The van der Waals surface area contributed by atoms with E-state index in [0.29, 0.717) is 0 Å². The van der Waals surface area contributed by atoms with Crippen LogP contribution in [0.3, 0.4) is 0 Å². The number of hydrogen-bond acceptors (Lipinski definition) is 2. The van der Waals surface area contributed by atoms with Gasteiger partial charge in [-0.2, -0.15) is 0 Å². The number of halogens is 1. The van der Waals surface area contributed by atoms with Gasteiger partial charge in [-0.15, -0.1) is 0 Å². The van der Waals surface area contributed by atoms with Gasteiger partial charge in [-0.3, -0.25) is 14.6 Å². The van der Waals surface area contributed by atoms with Gasteiger partial charge in [-0.1, -0.05) is 0 Å². The van der Waals surface area contributed by atoms with Crippen LogP contribution < -0.4 is 0 Å². The minimum atomic E-state index is -1.47. The van der Waals surface area contributed by atoms with E-state index in [0.717, 1.165) is 9.80 Å². The molecule has 3 amide bonds. The summed E-state index contributed by atoms with van der Waals surface area (Å²) in [5, 5.41) is 0. The van der Waals surface area contributed by atoms with Crippen molar-refractivity contribution in [1.29, 1.82) is 0 Å². The maximum atomic E-state index is 12.7. The van der Waals surface area contributed by atoms with Crippen LogP contribution in [0.15, 0.2) is 0 Å². The molecule has 0 aromatic heterocycles. The molecule has 1 fully saturated rings. The molecule has 1 unspecified atom stereocenters. The lowest BCUT2D eigenvalue weighted by Crippen LogP contribution is -2.52. The molecule has 62 valence electrons. The Kier molecular flexibility index (Phi) is 1.80. The summed E-state index contributed by atoms with van der Waals surface area (Å²) in [6.45, 7) is 0. The summed E-state index contributed by atoms with van der Waals surface area (Å²) in [6.07, 6.45) is -1.70. The van der Waals surface area contributed by atoms with Crippen molar-refractivity contribution in [3.05, 3.63) is 0 Å². The average molecular weight is 160 g/mol. The van der Waals surface area contributed by atoms with Crippen LogP contribution in [-0.4, -0.2) is 42.1 Å². The van der Waals surface area contributed by atoms with Crippen molar-refractivity contribution in [2.45, 2.75) is 12.7 Å². The maximum Gasteiger partial charge on any atom is 0.328 e. The van der Waals surface area contributed by atoms with E-state index in [1.165, 1.54) is 14.1 Å². The van der Waals surface area contributed by atoms with Gasteiger partial charge in [0.15, 0.2) is 6.30 Å². The molecule has 0 aromatic carbocycles. The largest absolute Gasteiger partial charge is 0.328 e. The molecule has 0 aromatic rings. The zero-order valence-electron chi connectivity index (χ0n) is 6.37. The second-order valence-corrected chi connectivity index (χ2v) is 2.48. The summed E-state index contributed by atoms with van der Waals surface area (Å²) in [4.78, 5) is 23.6. The molecular formula is C6H9FN2O2. The SMILES string of the molecule is CN1C(=O)CC(F)N(C)C1=O. The summed E-state index contributed by atoms with van der Waals surface area (Å²) < 4.78 is 12.7. The number of rotatable bonds is 0. The van der Waals surface area contributed by atoms with Gasteiger partial charge in [0.25, 0.3) is 0 Å². The van der Waals surface area contributed by atoms with Gasteiger partial charge in [-0.05, 0) is 0 Å². The normalized spacial score (nSPS) is 26.3. The highest BCUT2D eigenvalue weighted by atomic mass is 19.1. The third-order valence-corrected chi connectivity index (χ3v) is 1.73. The number of imide groups is 1. The van der Waals surface area contributed by atoms with E-state index in [2.05, 4.69) is 0 Å². The van der Waals surface area contributed by atoms with Gasteiger partial charge in [0.2, 0.25) is 5.91 Å². The summed E-state index contributed by atoms with van der Waals surface area (Å²) >= 11 is 0. The predicted molar refractivity (Wildman–Crippen MR) is 35.4 cm³/mol. The zero-order valence-corrected chi connectivity index (χ0v) is 6.37. The third-order valence-electron chi connectivity index (χ3n) is 1.73. The zero-order chi connectivity index (χ0) is 8.59. The van der Waals surface area contributed by atoms with Crippen LogP contribution in [0.2, 0.25) is 0 Å². The van der Waals surface area contributed by atoms with Crippen LogP contribution in [0.5, 0.6) is 0 Å². The predicted octanol–water partition coefficient (Wildman–Crippen LogP) is 0.196. The van der Waals surface area contributed by atoms with Gasteiger partial charge in [0, 0.05) is 14.1 Å². The first-order valence-corrected chi connectivity index (χ1v) is 3.21. The number of hydrogen-bond donors (Lipinski definition) is 0. The van der Waals surface area contributed by atoms with Crippen molar-refractivity contribution in [3.8, 4) is 0 Å². The van der Waals surface area contributed by atoms with E-state index in [-0.39, 0.29) is 6.42 Å². The van der Waals surface area contributed by atoms with Crippen molar-refractivity contribution >= 4 is 11.9 Å². The fraction of sp³-hybridized carbons (Fsp3) is 0.667. The molecule has 11 heavy (non-hydrogen) atoms. The second kappa shape index (κ2) is 2.48. The fourth-order valence-electron chi connectivity index (χ4n) is 0.881. The Morgan fingerprint density at radius 2 is 2.00 bits per heavy atom. The molecule has 1 aliphatic rings. The van der Waals surface area contributed by atoms with Crippen LogP contribution in [0, 0.1) is 0 Å². The Hall–Kier alpha value is -1.13. The van der Waals surface area contributed by atoms with Crippen LogP contribution in [-0.2, 0) is 4.79 Å². The maximum absolute atomic E-state index is 12.7. The number of nitrogens with zero attached hydrogens (tertiary/aromatic N) is 2. The molecule has 0 bridgehead atoms. The van der Waals surface area contributed by atoms with Crippen LogP contribution in [0.4, 0.5) is 9.18 Å².